The molecular weight excluding hydrogens is 226 g/mol. The lowest BCUT2D eigenvalue weighted by Crippen LogP contribution is -2.18. The quantitative estimate of drug-likeness (QED) is 0.889. The van der Waals surface area contributed by atoms with E-state index in [1.165, 1.54) is 0 Å². The van der Waals surface area contributed by atoms with Gasteiger partial charge in [0.05, 0.1) is 12.3 Å². The van der Waals surface area contributed by atoms with Crippen LogP contribution in [0.4, 0.5) is 0 Å². The smallest absolute Gasteiger partial charge is 0.123 e. The fourth-order valence-electron chi connectivity index (χ4n) is 1.30. The van der Waals surface area contributed by atoms with Gasteiger partial charge in [-0.3, -0.25) is 0 Å². The molecule has 3 nitrogen and oxygen atoms in total. The third kappa shape index (κ3) is 2.78. The molecular formula is C12H12ClNO2. The van der Waals surface area contributed by atoms with E-state index in [-0.39, 0.29) is 6.04 Å². The summed E-state index contributed by atoms with van der Waals surface area (Å²) in [7, 11) is 0. The van der Waals surface area contributed by atoms with E-state index in [1.807, 2.05) is 6.07 Å². The minimum atomic E-state index is -0.259. The number of furan rings is 1. The van der Waals surface area contributed by atoms with Crippen LogP contribution in [0, 0.1) is 0 Å². The normalized spacial score (nSPS) is 12.4. The standard InChI is InChI=1S/C12H12ClNO2/c13-9-3-5-10(6-4-9)16-8-11(14)12-2-1-7-15-12/h1-7,11H,8,14H2. The maximum absolute atomic E-state index is 5.87. The molecule has 0 bridgehead atoms. The zero-order valence-electron chi connectivity index (χ0n) is 8.60. The van der Waals surface area contributed by atoms with Gasteiger partial charge >= 0.3 is 0 Å². The highest BCUT2D eigenvalue weighted by molar-refractivity contribution is 6.30. The monoisotopic (exact) mass is 237 g/mol. The van der Waals surface area contributed by atoms with Crippen LogP contribution in [0.15, 0.2) is 47.1 Å². The van der Waals surface area contributed by atoms with Gasteiger partial charge in [0.1, 0.15) is 18.1 Å². The van der Waals surface area contributed by atoms with Gasteiger partial charge in [-0.2, -0.15) is 0 Å². The van der Waals surface area contributed by atoms with Gasteiger partial charge in [-0.1, -0.05) is 11.6 Å². The summed E-state index contributed by atoms with van der Waals surface area (Å²) in [6.07, 6.45) is 1.59. The summed E-state index contributed by atoms with van der Waals surface area (Å²) in [5, 5.41) is 0.683. The van der Waals surface area contributed by atoms with E-state index >= 15 is 0 Å². The fraction of sp³-hybridized carbons (Fsp3) is 0.167. The maximum atomic E-state index is 5.87. The molecule has 1 unspecified atom stereocenters. The van der Waals surface area contributed by atoms with E-state index in [0.29, 0.717) is 17.4 Å². The van der Waals surface area contributed by atoms with Crippen molar-refractivity contribution in [2.24, 2.45) is 5.73 Å². The van der Waals surface area contributed by atoms with E-state index in [2.05, 4.69) is 0 Å². The fourth-order valence-corrected chi connectivity index (χ4v) is 1.43. The van der Waals surface area contributed by atoms with Gasteiger partial charge in [-0.05, 0) is 36.4 Å². The van der Waals surface area contributed by atoms with Crippen LogP contribution >= 0.6 is 11.6 Å². The molecule has 0 spiro atoms. The molecule has 4 heteroatoms. The highest BCUT2D eigenvalue weighted by atomic mass is 35.5. The van der Waals surface area contributed by atoms with Crippen molar-refractivity contribution in [3.63, 3.8) is 0 Å². The van der Waals surface area contributed by atoms with Crippen LogP contribution in [-0.2, 0) is 0 Å². The van der Waals surface area contributed by atoms with E-state index in [1.54, 1.807) is 36.6 Å². The second-order valence-corrected chi connectivity index (χ2v) is 3.82. The molecule has 0 aliphatic carbocycles. The molecule has 16 heavy (non-hydrogen) atoms. The molecule has 1 atom stereocenters. The average Bonchev–Trinajstić information content (AvgIpc) is 2.81. The maximum Gasteiger partial charge on any atom is 0.123 e. The zero-order valence-corrected chi connectivity index (χ0v) is 9.35. The van der Waals surface area contributed by atoms with Crippen molar-refractivity contribution in [2.75, 3.05) is 6.61 Å². The number of halogens is 1. The van der Waals surface area contributed by atoms with Crippen molar-refractivity contribution in [1.29, 1.82) is 0 Å². The first kappa shape index (κ1) is 11.0. The Bertz CT molecular complexity index is 425. The number of hydrogen-bond acceptors (Lipinski definition) is 3. The Morgan fingerprint density at radius 3 is 2.62 bits per heavy atom. The van der Waals surface area contributed by atoms with Crippen molar-refractivity contribution in [2.45, 2.75) is 6.04 Å². The van der Waals surface area contributed by atoms with Gasteiger partial charge in [0.25, 0.3) is 0 Å². The van der Waals surface area contributed by atoms with Crippen LogP contribution in [0.3, 0.4) is 0 Å². The van der Waals surface area contributed by atoms with Crippen molar-refractivity contribution in [3.05, 3.63) is 53.4 Å². The minimum Gasteiger partial charge on any atom is -0.491 e. The molecule has 0 amide bonds. The summed E-state index contributed by atoms with van der Waals surface area (Å²) in [4.78, 5) is 0. The molecule has 0 aliphatic heterocycles. The number of benzene rings is 1. The molecule has 2 rings (SSSR count). The lowest BCUT2D eigenvalue weighted by molar-refractivity contribution is 0.273. The number of rotatable bonds is 4. The van der Waals surface area contributed by atoms with Gasteiger partial charge in [-0.15, -0.1) is 0 Å². The second-order valence-electron chi connectivity index (χ2n) is 3.39. The van der Waals surface area contributed by atoms with Crippen LogP contribution in [0.5, 0.6) is 5.75 Å². The number of ether oxygens (including phenoxy) is 1. The van der Waals surface area contributed by atoms with Crippen molar-refractivity contribution in [1.82, 2.24) is 0 Å². The molecule has 0 saturated carbocycles. The van der Waals surface area contributed by atoms with Crippen LogP contribution in [0.2, 0.25) is 5.02 Å². The van der Waals surface area contributed by atoms with E-state index in [4.69, 9.17) is 26.5 Å². The topological polar surface area (TPSA) is 48.4 Å². The van der Waals surface area contributed by atoms with Crippen molar-refractivity contribution in [3.8, 4) is 5.75 Å². The predicted octanol–water partition coefficient (Wildman–Crippen LogP) is 3.01. The Labute approximate surface area is 98.8 Å². The Kier molecular flexibility index (Phi) is 3.49. The molecule has 0 aliphatic rings. The van der Waals surface area contributed by atoms with E-state index in [9.17, 15) is 0 Å². The zero-order chi connectivity index (χ0) is 11.4. The first-order valence-electron chi connectivity index (χ1n) is 4.93. The van der Waals surface area contributed by atoms with Gasteiger partial charge in [0.2, 0.25) is 0 Å². The Morgan fingerprint density at radius 2 is 2.00 bits per heavy atom. The molecule has 1 aromatic heterocycles. The molecule has 1 aromatic carbocycles. The third-order valence-electron chi connectivity index (χ3n) is 2.15. The number of hydrogen-bond donors (Lipinski definition) is 1. The predicted molar refractivity (Wildman–Crippen MR) is 62.6 cm³/mol. The lowest BCUT2D eigenvalue weighted by Gasteiger charge is -2.10. The van der Waals surface area contributed by atoms with Crippen molar-refractivity contribution < 1.29 is 9.15 Å². The van der Waals surface area contributed by atoms with E-state index in [0.717, 1.165) is 5.75 Å². The highest BCUT2D eigenvalue weighted by Gasteiger charge is 2.09. The molecule has 1 heterocycles. The van der Waals surface area contributed by atoms with Crippen LogP contribution in [0.1, 0.15) is 11.8 Å². The summed E-state index contributed by atoms with van der Waals surface area (Å²) < 4.78 is 10.7. The highest BCUT2D eigenvalue weighted by Crippen LogP contribution is 2.17. The molecule has 0 fully saturated rings. The molecule has 0 radical (unpaired) electrons. The summed E-state index contributed by atoms with van der Waals surface area (Å²) >= 11 is 5.76. The summed E-state index contributed by atoms with van der Waals surface area (Å²) in [6.45, 7) is 0.370. The SMILES string of the molecule is NC(COc1ccc(Cl)cc1)c1ccco1. The van der Waals surface area contributed by atoms with Crippen molar-refractivity contribution >= 4 is 11.6 Å². The average molecular weight is 238 g/mol. The van der Waals surface area contributed by atoms with Crippen LogP contribution < -0.4 is 10.5 Å². The Morgan fingerprint density at radius 1 is 1.25 bits per heavy atom. The molecule has 2 aromatic rings. The van der Waals surface area contributed by atoms with E-state index < -0.39 is 0 Å². The summed E-state index contributed by atoms with van der Waals surface area (Å²) in [6, 6.07) is 10.5. The number of nitrogens with two attached hydrogens (primary N) is 1. The minimum absolute atomic E-state index is 0.259. The Balaban J connectivity index is 1.90. The van der Waals surface area contributed by atoms with Gasteiger partial charge in [0, 0.05) is 5.02 Å². The first-order valence-corrected chi connectivity index (χ1v) is 5.31. The first-order chi connectivity index (χ1) is 7.75. The molecule has 0 saturated heterocycles. The van der Waals surface area contributed by atoms with Crippen LogP contribution in [0.25, 0.3) is 0 Å². The second kappa shape index (κ2) is 5.05. The van der Waals surface area contributed by atoms with Crippen LogP contribution in [-0.4, -0.2) is 6.61 Å². The summed E-state index contributed by atoms with van der Waals surface area (Å²) in [5.74, 6) is 1.46. The third-order valence-corrected chi connectivity index (χ3v) is 2.40. The molecule has 84 valence electrons. The largest absolute Gasteiger partial charge is 0.491 e. The Hall–Kier alpha value is -1.45. The van der Waals surface area contributed by atoms with Gasteiger partial charge in [-0.25, -0.2) is 0 Å². The van der Waals surface area contributed by atoms with Gasteiger partial charge < -0.3 is 14.9 Å². The summed E-state index contributed by atoms with van der Waals surface area (Å²) in [5.41, 5.74) is 5.87. The molecule has 2 N–H and O–H groups in total. The van der Waals surface area contributed by atoms with Gasteiger partial charge in [0.15, 0.2) is 0 Å². The lowest BCUT2D eigenvalue weighted by atomic mass is 10.2.